The molecule has 0 aliphatic heterocycles. The van der Waals surface area contributed by atoms with Crippen molar-refractivity contribution in [2.75, 3.05) is 5.32 Å². The van der Waals surface area contributed by atoms with E-state index in [1.54, 1.807) is 12.1 Å². The molecule has 0 saturated carbocycles. The van der Waals surface area contributed by atoms with E-state index in [-0.39, 0.29) is 16.5 Å². The van der Waals surface area contributed by atoms with Crippen molar-refractivity contribution in [1.82, 2.24) is 9.78 Å². The van der Waals surface area contributed by atoms with Crippen LogP contribution in [0.15, 0.2) is 53.3 Å². The molecule has 150 valence electrons. The van der Waals surface area contributed by atoms with E-state index in [2.05, 4.69) is 10.4 Å². The molecule has 0 radical (unpaired) electrons. The smallest absolute Gasteiger partial charge is 0.416 e. The molecule has 1 atom stereocenters. The highest BCUT2D eigenvalue weighted by atomic mass is 19.4. The number of hydrogen-bond donors (Lipinski definition) is 2. The van der Waals surface area contributed by atoms with Crippen LogP contribution in [0, 0.1) is 0 Å². The van der Waals surface area contributed by atoms with Gasteiger partial charge < -0.3 is 10.4 Å². The lowest BCUT2D eigenvalue weighted by molar-refractivity contribution is -0.137. The highest BCUT2D eigenvalue weighted by Crippen LogP contribution is 2.30. The summed E-state index contributed by atoms with van der Waals surface area (Å²) in [7, 11) is 0. The third-order valence-electron chi connectivity index (χ3n) is 4.26. The zero-order chi connectivity index (χ0) is 21.3. The van der Waals surface area contributed by atoms with Crippen LogP contribution in [0.25, 0.3) is 10.8 Å². The predicted molar refractivity (Wildman–Crippen MR) is 97.7 cm³/mol. The second-order valence-electron chi connectivity index (χ2n) is 6.19. The standard InChI is InChI=1S/C19H14F3N3O4/c1-10(16(26)23-12-8-6-11(7-9-12)19(20,21)22)25-17(27)14-5-3-2-4-13(14)15(24-25)18(28)29/h2-10H,1H3,(H,23,26)(H,28,29)/t10-/m1/s1. The van der Waals surface area contributed by atoms with Crippen LogP contribution in [0.4, 0.5) is 18.9 Å². The molecule has 3 aromatic rings. The Morgan fingerprint density at radius 1 is 1.07 bits per heavy atom. The number of hydrogen-bond acceptors (Lipinski definition) is 4. The van der Waals surface area contributed by atoms with Gasteiger partial charge in [0.1, 0.15) is 6.04 Å². The Morgan fingerprint density at radius 3 is 2.21 bits per heavy atom. The number of carbonyl (C=O) groups excluding carboxylic acids is 1. The molecule has 0 bridgehead atoms. The Balaban J connectivity index is 1.94. The van der Waals surface area contributed by atoms with Gasteiger partial charge in [0.2, 0.25) is 5.91 Å². The van der Waals surface area contributed by atoms with Crippen molar-refractivity contribution in [2.45, 2.75) is 19.1 Å². The molecule has 0 aliphatic carbocycles. The first kappa shape index (κ1) is 20.1. The number of carbonyl (C=O) groups is 2. The van der Waals surface area contributed by atoms with Crippen molar-refractivity contribution in [3.05, 3.63) is 70.1 Å². The highest BCUT2D eigenvalue weighted by Gasteiger charge is 2.30. The lowest BCUT2D eigenvalue weighted by atomic mass is 10.1. The van der Waals surface area contributed by atoms with Crippen LogP contribution in [0.2, 0.25) is 0 Å². The summed E-state index contributed by atoms with van der Waals surface area (Å²) in [6, 6.07) is 8.51. The van der Waals surface area contributed by atoms with Gasteiger partial charge >= 0.3 is 12.1 Å². The Kier molecular flexibility index (Phi) is 5.10. The molecule has 1 heterocycles. The summed E-state index contributed by atoms with van der Waals surface area (Å²) in [5, 5.41) is 15.8. The van der Waals surface area contributed by atoms with Crippen molar-refractivity contribution in [2.24, 2.45) is 0 Å². The Bertz CT molecular complexity index is 1150. The average Bonchev–Trinajstić information content (AvgIpc) is 2.67. The lowest BCUT2D eigenvalue weighted by Crippen LogP contribution is -2.34. The molecule has 0 fully saturated rings. The van der Waals surface area contributed by atoms with E-state index in [0.717, 1.165) is 28.9 Å². The van der Waals surface area contributed by atoms with Crippen molar-refractivity contribution < 1.29 is 27.9 Å². The van der Waals surface area contributed by atoms with Crippen LogP contribution in [-0.2, 0) is 11.0 Å². The molecule has 1 amide bonds. The van der Waals surface area contributed by atoms with Crippen LogP contribution in [-0.4, -0.2) is 26.8 Å². The van der Waals surface area contributed by atoms with E-state index in [1.165, 1.54) is 19.1 Å². The third kappa shape index (κ3) is 3.96. The SMILES string of the molecule is C[C@H](C(=O)Nc1ccc(C(F)(F)F)cc1)n1nc(C(=O)O)c2ccccc2c1=O. The quantitative estimate of drug-likeness (QED) is 0.694. The highest BCUT2D eigenvalue weighted by molar-refractivity contribution is 6.01. The molecule has 29 heavy (non-hydrogen) atoms. The van der Waals surface area contributed by atoms with E-state index < -0.39 is 40.9 Å². The maximum Gasteiger partial charge on any atom is 0.416 e. The van der Waals surface area contributed by atoms with Crippen LogP contribution in [0.5, 0.6) is 0 Å². The molecule has 3 rings (SSSR count). The number of nitrogens with one attached hydrogen (secondary N) is 1. The fourth-order valence-corrected chi connectivity index (χ4v) is 2.73. The van der Waals surface area contributed by atoms with Gasteiger partial charge in [-0.1, -0.05) is 18.2 Å². The van der Waals surface area contributed by atoms with E-state index in [9.17, 15) is 32.7 Å². The summed E-state index contributed by atoms with van der Waals surface area (Å²) in [6.07, 6.45) is -4.51. The summed E-state index contributed by atoms with van der Waals surface area (Å²) < 4.78 is 38.6. The topological polar surface area (TPSA) is 101 Å². The minimum atomic E-state index is -4.51. The Hall–Kier alpha value is -3.69. The predicted octanol–water partition coefficient (Wildman–Crippen LogP) is 3.31. The maximum atomic E-state index is 12.7. The number of alkyl halides is 3. The van der Waals surface area contributed by atoms with Gasteiger partial charge in [-0.3, -0.25) is 9.59 Å². The van der Waals surface area contributed by atoms with Gasteiger partial charge in [0.05, 0.1) is 10.9 Å². The normalized spacial score (nSPS) is 12.6. The number of amides is 1. The summed E-state index contributed by atoms with van der Waals surface area (Å²) in [5.41, 5.74) is -1.85. The fourth-order valence-electron chi connectivity index (χ4n) is 2.73. The van der Waals surface area contributed by atoms with Crippen molar-refractivity contribution in [3.8, 4) is 0 Å². The zero-order valence-electron chi connectivity index (χ0n) is 14.9. The molecule has 10 heteroatoms. The van der Waals surface area contributed by atoms with E-state index >= 15 is 0 Å². The first-order valence-electron chi connectivity index (χ1n) is 8.32. The third-order valence-corrected chi connectivity index (χ3v) is 4.26. The first-order valence-corrected chi connectivity index (χ1v) is 8.32. The molecule has 0 aliphatic rings. The molecule has 0 unspecified atom stereocenters. The van der Waals surface area contributed by atoms with Crippen molar-refractivity contribution in [1.29, 1.82) is 0 Å². The number of aromatic nitrogens is 2. The number of carboxylic acids is 1. The van der Waals surface area contributed by atoms with Crippen LogP contribution >= 0.6 is 0 Å². The first-order chi connectivity index (χ1) is 13.6. The summed E-state index contributed by atoms with van der Waals surface area (Å²) in [4.78, 5) is 36.6. The number of rotatable bonds is 4. The Labute approximate surface area is 161 Å². The van der Waals surface area contributed by atoms with Gasteiger partial charge in [-0.25, -0.2) is 9.48 Å². The summed E-state index contributed by atoms with van der Waals surface area (Å²) in [6.45, 7) is 1.33. The molecular weight excluding hydrogens is 391 g/mol. The van der Waals surface area contributed by atoms with Gasteiger partial charge in [-0.15, -0.1) is 0 Å². The second-order valence-corrected chi connectivity index (χ2v) is 6.19. The molecule has 2 N–H and O–H groups in total. The number of aromatic carboxylic acids is 1. The minimum Gasteiger partial charge on any atom is -0.476 e. The largest absolute Gasteiger partial charge is 0.476 e. The summed E-state index contributed by atoms with van der Waals surface area (Å²) >= 11 is 0. The van der Waals surface area contributed by atoms with Gasteiger partial charge in [0.25, 0.3) is 5.56 Å². The maximum absolute atomic E-state index is 12.7. The molecular formula is C19H14F3N3O4. The van der Waals surface area contributed by atoms with Crippen molar-refractivity contribution >= 4 is 28.3 Å². The van der Waals surface area contributed by atoms with E-state index in [4.69, 9.17) is 0 Å². The van der Waals surface area contributed by atoms with Gasteiger partial charge in [-0.2, -0.15) is 18.3 Å². The lowest BCUT2D eigenvalue weighted by Gasteiger charge is -2.16. The van der Waals surface area contributed by atoms with Crippen molar-refractivity contribution in [3.63, 3.8) is 0 Å². The monoisotopic (exact) mass is 405 g/mol. The molecule has 7 nitrogen and oxygen atoms in total. The number of fused-ring (bicyclic) bond motifs is 1. The number of nitrogens with zero attached hydrogens (tertiary/aromatic N) is 2. The van der Waals surface area contributed by atoms with E-state index in [1.807, 2.05) is 0 Å². The van der Waals surface area contributed by atoms with Crippen LogP contribution < -0.4 is 10.9 Å². The average molecular weight is 405 g/mol. The van der Waals surface area contributed by atoms with Crippen LogP contribution in [0.1, 0.15) is 29.0 Å². The van der Waals surface area contributed by atoms with E-state index in [0.29, 0.717) is 0 Å². The fraction of sp³-hybridized carbons (Fsp3) is 0.158. The summed E-state index contributed by atoms with van der Waals surface area (Å²) in [5.74, 6) is -2.11. The Morgan fingerprint density at radius 2 is 1.66 bits per heavy atom. The number of anilines is 1. The molecule has 1 aromatic heterocycles. The van der Waals surface area contributed by atoms with Gasteiger partial charge in [0, 0.05) is 11.1 Å². The second kappa shape index (κ2) is 7.38. The minimum absolute atomic E-state index is 0.0779. The van der Waals surface area contributed by atoms with Gasteiger partial charge in [-0.05, 0) is 37.3 Å². The zero-order valence-corrected chi connectivity index (χ0v) is 14.9. The number of benzene rings is 2. The number of halogens is 3. The molecule has 0 spiro atoms. The molecule has 2 aromatic carbocycles. The van der Waals surface area contributed by atoms with Crippen LogP contribution in [0.3, 0.4) is 0 Å². The molecule has 0 saturated heterocycles. The number of carboxylic acid groups (broad SMARTS) is 1. The van der Waals surface area contributed by atoms with Gasteiger partial charge in [0.15, 0.2) is 5.69 Å².